The molecule has 1 amide bonds. The quantitative estimate of drug-likeness (QED) is 0.752. The maximum atomic E-state index is 12.4. The molecule has 2 rings (SSSR count). The van der Waals surface area contributed by atoms with Crippen molar-refractivity contribution in [3.05, 3.63) is 28.8 Å². The summed E-state index contributed by atoms with van der Waals surface area (Å²) in [6.07, 6.45) is 1.35. The normalized spacial score (nSPS) is 10.1. The van der Waals surface area contributed by atoms with E-state index in [1.165, 1.54) is 39.7 Å². The Morgan fingerprint density at radius 1 is 1.12 bits per heavy atom. The predicted molar refractivity (Wildman–Crippen MR) is 92.1 cm³/mol. The van der Waals surface area contributed by atoms with Crippen molar-refractivity contribution in [2.45, 2.75) is 6.92 Å². The first-order chi connectivity index (χ1) is 12.0. The Morgan fingerprint density at radius 3 is 2.28 bits per heavy atom. The molecule has 1 aromatic heterocycles. The summed E-state index contributed by atoms with van der Waals surface area (Å²) in [6.45, 7) is 1.98. The number of anilines is 1. The van der Waals surface area contributed by atoms with E-state index in [1.807, 2.05) is 0 Å². The summed E-state index contributed by atoms with van der Waals surface area (Å²) in [5.74, 6) is 0.203. The summed E-state index contributed by atoms with van der Waals surface area (Å²) >= 11 is 1.03. The standard InChI is InChI=1S/C16H18N2O6S/c1-5-24-15(20)12-8-17-16(25-12)18-14(19)9-6-10(21-2)13(23-4)11(7-9)22-3/h6-8H,5H2,1-4H3,(H,17,18,19). The minimum absolute atomic E-state index is 0.268. The Balaban J connectivity index is 2.22. The van der Waals surface area contributed by atoms with Crippen molar-refractivity contribution >= 4 is 28.3 Å². The van der Waals surface area contributed by atoms with Gasteiger partial charge in [-0.1, -0.05) is 11.3 Å². The highest BCUT2D eigenvalue weighted by atomic mass is 32.1. The van der Waals surface area contributed by atoms with Crippen LogP contribution in [0.1, 0.15) is 27.0 Å². The summed E-state index contributed by atoms with van der Waals surface area (Å²) in [6, 6.07) is 3.05. The number of ether oxygens (including phenoxy) is 4. The third-order valence-electron chi connectivity index (χ3n) is 3.13. The number of carbonyl (C=O) groups is 2. The first-order valence-corrected chi connectivity index (χ1v) is 8.10. The molecule has 0 atom stereocenters. The van der Waals surface area contributed by atoms with E-state index in [2.05, 4.69) is 10.3 Å². The zero-order valence-corrected chi connectivity index (χ0v) is 15.1. The van der Waals surface area contributed by atoms with E-state index in [0.717, 1.165) is 11.3 Å². The van der Waals surface area contributed by atoms with Crippen LogP contribution in [0.15, 0.2) is 18.3 Å². The molecule has 9 heteroatoms. The summed E-state index contributed by atoms with van der Waals surface area (Å²) in [5, 5.41) is 2.90. The van der Waals surface area contributed by atoms with Crippen molar-refractivity contribution in [3.63, 3.8) is 0 Å². The SMILES string of the molecule is CCOC(=O)c1cnc(NC(=O)c2cc(OC)c(OC)c(OC)c2)s1. The van der Waals surface area contributed by atoms with E-state index >= 15 is 0 Å². The van der Waals surface area contributed by atoms with Crippen LogP contribution in [-0.4, -0.2) is 44.8 Å². The van der Waals surface area contributed by atoms with Crippen LogP contribution in [0.2, 0.25) is 0 Å². The summed E-state index contributed by atoms with van der Waals surface area (Å²) < 4.78 is 20.6. The summed E-state index contributed by atoms with van der Waals surface area (Å²) in [5.41, 5.74) is 0.294. The van der Waals surface area contributed by atoms with Crippen molar-refractivity contribution in [1.29, 1.82) is 0 Å². The van der Waals surface area contributed by atoms with Gasteiger partial charge in [0.05, 0.1) is 34.1 Å². The minimum Gasteiger partial charge on any atom is -0.493 e. The second kappa shape index (κ2) is 8.34. The maximum Gasteiger partial charge on any atom is 0.350 e. The monoisotopic (exact) mass is 366 g/mol. The van der Waals surface area contributed by atoms with Gasteiger partial charge in [0.1, 0.15) is 4.88 Å². The molecule has 25 heavy (non-hydrogen) atoms. The Hall–Kier alpha value is -2.81. The van der Waals surface area contributed by atoms with Crippen molar-refractivity contribution in [2.75, 3.05) is 33.3 Å². The van der Waals surface area contributed by atoms with Gasteiger partial charge in [-0.15, -0.1) is 0 Å². The summed E-state index contributed by atoms with van der Waals surface area (Å²) in [4.78, 5) is 28.4. The van der Waals surface area contributed by atoms with Crippen LogP contribution in [0.4, 0.5) is 5.13 Å². The van der Waals surface area contributed by atoms with E-state index in [1.54, 1.807) is 6.92 Å². The van der Waals surface area contributed by atoms with E-state index in [4.69, 9.17) is 18.9 Å². The predicted octanol–water partition coefficient (Wildman–Crippen LogP) is 2.60. The van der Waals surface area contributed by atoms with Crippen molar-refractivity contribution in [1.82, 2.24) is 4.98 Å². The van der Waals surface area contributed by atoms with E-state index in [0.29, 0.717) is 27.7 Å². The van der Waals surface area contributed by atoms with Crippen LogP contribution in [0.5, 0.6) is 17.2 Å². The van der Waals surface area contributed by atoms with E-state index in [9.17, 15) is 9.59 Å². The Labute approximate surface area is 148 Å². The molecule has 0 spiro atoms. The highest BCUT2D eigenvalue weighted by Crippen LogP contribution is 2.38. The summed E-state index contributed by atoms with van der Waals surface area (Å²) in [7, 11) is 4.41. The van der Waals surface area contributed by atoms with Crippen LogP contribution in [0.3, 0.4) is 0 Å². The zero-order valence-electron chi connectivity index (χ0n) is 14.2. The molecular weight excluding hydrogens is 348 g/mol. The largest absolute Gasteiger partial charge is 0.493 e. The number of amides is 1. The third-order valence-corrected chi connectivity index (χ3v) is 4.02. The molecule has 0 aliphatic carbocycles. The molecule has 1 aromatic carbocycles. The Bertz CT molecular complexity index is 749. The van der Waals surface area contributed by atoms with Crippen LogP contribution < -0.4 is 19.5 Å². The van der Waals surface area contributed by atoms with Gasteiger partial charge in [-0.2, -0.15) is 0 Å². The third kappa shape index (κ3) is 4.18. The molecule has 0 fully saturated rings. The Morgan fingerprint density at radius 2 is 1.76 bits per heavy atom. The number of aromatic nitrogens is 1. The first kappa shape index (κ1) is 18.5. The molecule has 0 bridgehead atoms. The number of methoxy groups -OCH3 is 3. The number of rotatable bonds is 7. The molecule has 2 aromatic rings. The van der Waals surface area contributed by atoms with Gasteiger partial charge in [0.15, 0.2) is 16.6 Å². The lowest BCUT2D eigenvalue weighted by molar-refractivity contribution is 0.0531. The lowest BCUT2D eigenvalue weighted by atomic mass is 10.1. The van der Waals surface area contributed by atoms with Gasteiger partial charge in [0.2, 0.25) is 5.75 Å². The van der Waals surface area contributed by atoms with Gasteiger partial charge in [0.25, 0.3) is 5.91 Å². The van der Waals surface area contributed by atoms with Crippen LogP contribution in [-0.2, 0) is 4.74 Å². The molecule has 1 heterocycles. The van der Waals surface area contributed by atoms with Crippen molar-refractivity contribution in [2.24, 2.45) is 0 Å². The van der Waals surface area contributed by atoms with Crippen LogP contribution >= 0.6 is 11.3 Å². The number of hydrogen-bond donors (Lipinski definition) is 1. The minimum atomic E-state index is -0.478. The van der Waals surface area contributed by atoms with Crippen molar-refractivity contribution in [3.8, 4) is 17.2 Å². The average molecular weight is 366 g/mol. The van der Waals surface area contributed by atoms with E-state index in [-0.39, 0.29) is 11.7 Å². The van der Waals surface area contributed by atoms with Crippen LogP contribution in [0.25, 0.3) is 0 Å². The number of thiazole rings is 1. The molecule has 1 N–H and O–H groups in total. The number of hydrogen-bond acceptors (Lipinski definition) is 8. The number of benzene rings is 1. The maximum absolute atomic E-state index is 12.4. The molecule has 8 nitrogen and oxygen atoms in total. The lowest BCUT2D eigenvalue weighted by Crippen LogP contribution is -2.12. The molecule has 0 saturated carbocycles. The molecule has 0 aliphatic heterocycles. The zero-order chi connectivity index (χ0) is 18.4. The highest BCUT2D eigenvalue weighted by Gasteiger charge is 2.18. The number of nitrogens with one attached hydrogen (secondary N) is 1. The van der Waals surface area contributed by atoms with Crippen molar-refractivity contribution < 1.29 is 28.5 Å². The van der Waals surface area contributed by atoms with E-state index < -0.39 is 11.9 Å². The molecule has 134 valence electrons. The topological polar surface area (TPSA) is 96.0 Å². The van der Waals surface area contributed by atoms with Gasteiger partial charge in [-0.05, 0) is 19.1 Å². The number of carbonyl (C=O) groups excluding carboxylic acids is 2. The molecule has 0 aliphatic rings. The second-order valence-corrected chi connectivity index (χ2v) is 5.65. The molecule has 0 saturated heterocycles. The fourth-order valence-electron chi connectivity index (χ4n) is 2.01. The lowest BCUT2D eigenvalue weighted by Gasteiger charge is -2.13. The van der Waals surface area contributed by atoms with Gasteiger partial charge in [0, 0.05) is 5.56 Å². The smallest absolute Gasteiger partial charge is 0.350 e. The van der Waals surface area contributed by atoms with Gasteiger partial charge in [-0.25, -0.2) is 9.78 Å². The second-order valence-electron chi connectivity index (χ2n) is 4.62. The highest BCUT2D eigenvalue weighted by molar-refractivity contribution is 7.17. The Kier molecular flexibility index (Phi) is 6.18. The van der Waals surface area contributed by atoms with Gasteiger partial charge < -0.3 is 18.9 Å². The van der Waals surface area contributed by atoms with Crippen LogP contribution in [0, 0.1) is 0 Å². The number of nitrogens with zero attached hydrogens (tertiary/aromatic N) is 1. The number of esters is 1. The molecule has 0 unspecified atom stereocenters. The van der Waals surface area contributed by atoms with Gasteiger partial charge >= 0.3 is 5.97 Å². The fraction of sp³-hybridized carbons (Fsp3) is 0.312. The van der Waals surface area contributed by atoms with Gasteiger partial charge in [-0.3, -0.25) is 10.1 Å². The first-order valence-electron chi connectivity index (χ1n) is 7.28. The molecule has 0 radical (unpaired) electrons. The fourth-order valence-corrected chi connectivity index (χ4v) is 2.72. The average Bonchev–Trinajstić information content (AvgIpc) is 3.09. The molecular formula is C16H18N2O6S.